The van der Waals surface area contributed by atoms with E-state index in [-0.39, 0.29) is 40.7 Å². The van der Waals surface area contributed by atoms with Crippen molar-refractivity contribution in [2.75, 3.05) is 7.11 Å². The van der Waals surface area contributed by atoms with Crippen LogP contribution in [0.3, 0.4) is 0 Å². The Hall–Kier alpha value is -2.80. The first-order valence-electron chi connectivity index (χ1n) is 13.4. The minimum atomic E-state index is -0.866. The first-order valence-corrected chi connectivity index (χ1v) is 13.4. The number of aromatic nitrogens is 2. The molecule has 1 heterocycles. The van der Waals surface area contributed by atoms with Gasteiger partial charge < -0.3 is 9.47 Å². The summed E-state index contributed by atoms with van der Waals surface area (Å²) in [5.41, 5.74) is -1.74. The number of allylic oxidation sites excluding steroid dienone is 1. The van der Waals surface area contributed by atoms with Gasteiger partial charge in [-0.1, -0.05) is 39.0 Å². The fourth-order valence-corrected chi connectivity index (χ4v) is 8.19. The maximum atomic E-state index is 14.1. The molecule has 7 nitrogen and oxygen atoms in total. The lowest BCUT2D eigenvalue weighted by Crippen LogP contribution is -2.63. The summed E-state index contributed by atoms with van der Waals surface area (Å²) in [6.07, 6.45) is 5.04. The van der Waals surface area contributed by atoms with Crippen molar-refractivity contribution in [1.29, 1.82) is 0 Å². The van der Waals surface area contributed by atoms with Crippen LogP contribution in [0.4, 0.5) is 0 Å². The highest BCUT2D eigenvalue weighted by Crippen LogP contribution is 2.68. The summed E-state index contributed by atoms with van der Waals surface area (Å²) in [6, 6.07) is 6.95. The van der Waals surface area contributed by atoms with Gasteiger partial charge in [-0.05, 0) is 56.1 Å². The molecule has 5 rings (SSSR count). The highest BCUT2D eigenvalue weighted by Gasteiger charge is 2.68. The number of methoxy groups -OCH3 is 1. The Labute approximate surface area is 218 Å². The van der Waals surface area contributed by atoms with Crippen molar-refractivity contribution in [3.05, 3.63) is 52.8 Å². The number of aromatic amines is 1. The lowest BCUT2D eigenvalue weighted by atomic mass is 9.44. The van der Waals surface area contributed by atoms with Gasteiger partial charge in [-0.3, -0.25) is 14.7 Å². The monoisotopic (exact) mass is 506 g/mol. The first kappa shape index (κ1) is 25.8. The van der Waals surface area contributed by atoms with E-state index in [9.17, 15) is 14.4 Å². The van der Waals surface area contributed by atoms with Gasteiger partial charge in [0.2, 0.25) is 11.1 Å². The molecule has 0 spiro atoms. The Bertz CT molecular complexity index is 1320. The summed E-state index contributed by atoms with van der Waals surface area (Å²) in [5, 5.41) is 7.29. The molecule has 1 N–H and O–H groups in total. The van der Waals surface area contributed by atoms with Crippen LogP contribution in [0.25, 0.3) is 10.9 Å². The van der Waals surface area contributed by atoms with E-state index in [1.165, 1.54) is 0 Å². The molecule has 37 heavy (non-hydrogen) atoms. The zero-order valence-electron chi connectivity index (χ0n) is 22.5. The van der Waals surface area contributed by atoms with Gasteiger partial charge in [-0.2, -0.15) is 5.10 Å². The van der Waals surface area contributed by atoms with Crippen molar-refractivity contribution in [2.45, 2.75) is 72.0 Å². The Morgan fingerprint density at radius 1 is 1.16 bits per heavy atom. The Morgan fingerprint density at radius 2 is 1.86 bits per heavy atom. The van der Waals surface area contributed by atoms with E-state index < -0.39 is 28.3 Å². The van der Waals surface area contributed by atoms with E-state index in [2.05, 4.69) is 37.5 Å². The topological polar surface area (TPSA) is 98.3 Å². The van der Waals surface area contributed by atoms with Gasteiger partial charge in [0, 0.05) is 41.6 Å². The lowest BCUT2D eigenvalue weighted by molar-refractivity contribution is -0.189. The fourth-order valence-electron chi connectivity index (χ4n) is 8.19. The third-order valence-electron chi connectivity index (χ3n) is 10.7. The minimum Gasteiger partial charge on any atom is -0.457 e. The van der Waals surface area contributed by atoms with Gasteiger partial charge in [0.05, 0.1) is 11.6 Å². The Kier molecular flexibility index (Phi) is 6.21. The molecular weight excluding hydrogens is 468 g/mol. The van der Waals surface area contributed by atoms with Crippen molar-refractivity contribution in [3.8, 4) is 0 Å². The summed E-state index contributed by atoms with van der Waals surface area (Å²) < 4.78 is 12.4. The van der Waals surface area contributed by atoms with Gasteiger partial charge in [0.25, 0.3) is 0 Å². The maximum absolute atomic E-state index is 14.1. The maximum Gasteiger partial charge on any atom is 0.363 e. The summed E-state index contributed by atoms with van der Waals surface area (Å²) in [6.45, 7) is 12.4. The number of nitrogens with one attached hydrogen (secondary N) is 1. The fraction of sp³-hybridized carbons (Fsp3) is 0.600. The highest BCUT2D eigenvalue weighted by molar-refractivity contribution is 5.92. The zero-order valence-corrected chi connectivity index (χ0v) is 22.5. The number of hydrogen-bond acceptors (Lipinski definition) is 6. The largest absolute Gasteiger partial charge is 0.457 e. The molecule has 7 heteroatoms. The molecule has 3 unspecified atom stereocenters. The van der Waals surface area contributed by atoms with Crippen molar-refractivity contribution >= 4 is 22.7 Å². The van der Waals surface area contributed by atoms with Gasteiger partial charge in [-0.15, -0.1) is 6.58 Å². The van der Waals surface area contributed by atoms with Gasteiger partial charge in [0.1, 0.15) is 11.9 Å². The second-order valence-corrected chi connectivity index (χ2v) is 12.1. The number of para-hydroxylation sites is 1. The molecular formula is C30H38N2O5. The molecule has 0 amide bonds. The van der Waals surface area contributed by atoms with Gasteiger partial charge in [0.15, 0.2) is 0 Å². The van der Waals surface area contributed by atoms with Crippen LogP contribution >= 0.6 is 0 Å². The molecule has 2 aromatic rings. The first-order chi connectivity index (χ1) is 17.5. The molecule has 1 aromatic heterocycles. The molecule has 0 radical (unpaired) electrons. The third kappa shape index (κ3) is 3.57. The minimum absolute atomic E-state index is 0.0283. The predicted molar refractivity (Wildman–Crippen MR) is 141 cm³/mol. The van der Waals surface area contributed by atoms with Crippen LogP contribution < -0.4 is 5.43 Å². The van der Waals surface area contributed by atoms with E-state index in [0.717, 1.165) is 25.7 Å². The van der Waals surface area contributed by atoms with Crippen molar-refractivity contribution in [2.24, 2.45) is 34.0 Å². The number of fused-ring (bicyclic) bond motifs is 1. The number of esters is 1. The molecule has 3 aliphatic carbocycles. The van der Waals surface area contributed by atoms with Gasteiger partial charge >= 0.3 is 5.97 Å². The number of Topliss-reactive ketones (excluding diaryl/α,β-unsaturated/α-hetero) is 1. The zero-order chi connectivity index (χ0) is 26.8. The Morgan fingerprint density at radius 3 is 2.57 bits per heavy atom. The van der Waals surface area contributed by atoms with E-state index in [4.69, 9.17) is 9.47 Å². The number of H-pyrrole nitrogens is 1. The van der Waals surface area contributed by atoms with Crippen molar-refractivity contribution in [1.82, 2.24) is 10.2 Å². The number of benzene rings is 1. The third-order valence-corrected chi connectivity index (χ3v) is 10.7. The molecule has 3 saturated carbocycles. The highest BCUT2D eigenvalue weighted by atomic mass is 16.5. The van der Waals surface area contributed by atoms with Crippen LogP contribution in [-0.4, -0.2) is 41.3 Å². The molecule has 198 valence electrons. The summed E-state index contributed by atoms with van der Waals surface area (Å²) in [7, 11) is 1.74. The molecule has 1 aromatic carbocycles. The van der Waals surface area contributed by atoms with E-state index in [0.29, 0.717) is 17.3 Å². The van der Waals surface area contributed by atoms with Crippen LogP contribution in [0.15, 0.2) is 41.7 Å². The summed E-state index contributed by atoms with van der Waals surface area (Å²) in [4.78, 5) is 40.9. The van der Waals surface area contributed by atoms with Crippen LogP contribution in [0.2, 0.25) is 0 Å². The normalized spacial score (nSPS) is 39.5. The SMILES string of the molecule is C=C[C@]1(C)C[C@@H](OC(=O)c2n[nH]c3ccccc3c2=O)[C@@]2(C)C3C(OC)CCC3(CC[C@H]2C)[C@@H](C)C1=O. The number of ketones is 1. The molecule has 0 aliphatic heterocycles. The van der Waals surface area contributed by atoms with Crippen molar-refractivity contribution < 1.29 is 19.1 Å². The van der Waals surface area contributed by atoms with Crippen LogP contribution in [0.5, 0.6) is 0 Å². The average molecular weight is 507 g/mol. The smallest absolute Gasteiger partial charge is 0.363 e. The molecule has 3 fully saturated rings. The molecule has 3 aliphatic rings. The molecule has 0 saturated heterocycles. The summed E-state index contributed by atoms with van der Waals surface area (Å²) >= 11 is 0. The second-order valence-electron chi connectivity index (χ2n) is 12.1. The average Bonchev–Trinajstić information content (AvgIpc) is 3.30. The quantitative estimate of drug-likeness (QED) is 0.458. The molecule has 2 bridgehead atoms. The summed E-state index contributed by atoms with van der Waals surface area (Å²) in [5.74, 6) is -0.516. The van der Waals surface area contributed by atoms with E-state index in [1.807, 2.05) is 6.92 Å². The van der Waals surface area contributed by atoms with E-state index >= 15 is 0 Å². The van der Waals surface area contributed by atoms with E-state index in [1.54, 1.807) is 37.5 Å². The standard InChI is InChI=1S/C30H38N2O5/c1-7-28(4)16-22(37-27(35)23-24(33)19-10-8-9-11-20(19)31-32-23)29(5)17(2)12-14-30(18(3)26(28)34)15-13-21(36-6)25(29)30/h7-11,17-18,21-22,25H,1,12-16H2,2-6H3,(H,31,33)/t17-,18+,21?,22-,25?,28-,29+,30?/m1/s1. The van der Waals surface area contributed by atoms with Gasteiger partial charge in [-0.25, -0.2) is 4.79 Å². The number of rotatable bonds is 4. The number of nitrogens with zero attached hydrogens (tertiary/aromatic N) is 1. The Balaban J connectivity index is 1.64. The number of ether oxygens (including phenoxy) is 2. The van der Waals surface area contributed by atoms with Crippen LogP contribution in [0, 0.1) is 34.0 Å². The van der Waals surface area contributed by atoms with Crippen LogP contribution in [0.1, 0.15) is 70.3 Å². The van der Waals surface area contributed by atoms with Crippen LogP contribution in [-0.2, 0) is 14.3 Å². The number of hydrogen-bond donors (Lipinski definition) is 1. The lowest BCUT2D eigenvalue weighted by Gasteiger charge is -2.61. The number of carbonyl (C=O) groups is 2. The second kappa shape index (κ2) is 8.90. The van der Waals surface area contributed by atoms with Crippen molar-refractivity contribution in [3.63, 3.8) is 0 Å². The molecule has 8 atom stereocenters. The predicted octanol–water partition coefficient (Wildman–Crippen LogP) is 5.10. The number of carbonyl (C=O) groups excluding carboxylic acids is 2.